The van der Waals surface area contributed by atoms with Crippen molar-refractivity contribution in [1.82, 2.24) is 4.98 Å². The Morgan fingerprint density at radius 3 is 2.83 bits per heavy atom. The number of nitrogens with zero attached hydrogens (tertiary/aromatic N) is 1. The van der Waals surface area contributed by atoms with Crippen LogP contribution >= 0.6 is 0 Å². The number of halogens is 1. The molecule has 1 aromatic heterocycles. The van der Waals surface area contributed by atoms with Crippen LogP contribution in [-0.4, -0.2) is 16.1 Å². The predicted octanol–water partition coefficient (Wildman–Crippen LogP) is 2.60. The number of rotatable bonds is 3. The molecular weight excluding hydrogens is 237 g/mol. The third-order valence-corrected chi connectivity index (χ3v) is 3.23. The van der Waals surface area contributed by atoms with Gasteiger partial charge in [0, 0.05) is 5.56 Å². The van der Waals surface area contributed by atoms with Crippen molar-refractivity contribution in [2.45, 2.75) is 18.3 Å². The molecule has 1 saturated carbocycles. The van der Waals surface area contributed by atoms with Gasteiger partial charge in [0.05, 0.1) is 5.69 Å². The number of carbonyl (C=O) groups is 1. The molecule has 2 aromatic rings. The fourth-order valence-electron chi connectivity index (χ4n) is 1.95. The van der Waals surface area contributed by atoms with E-state index in [1.807, 2.05) is 0 Å². The molecule has 0 spiro atoms. The van der Waals surface area contributed by atoms with Gasteiger partial charge in [0.2, 0.25) is 5.89 Å². The third-order valence-electron chi connectivity index (χ3n) is 3.23. The summed E-state index contributed by atoms with van der Waals surface area (Å²) >= 11 is 0. The molecule has 0 aliphatic heterocycles. The van der Waals surface area contributed by atoms with Crippen molar-refractivity contribution in [2.24, 2.45) is 0 Å². The van der Waals surface area contributed by atoms with Crippen molar-refractivity contribution in [2.75, 3.05) is 0 Å². The van der Waals surface area contributed by atoms with E-state index in [9.17, 15) is 9.18 Å². The number of carboxylic acids is 1. The second-order valence-corrected chi connectivity index (χ2v) is 4.44. The highest BCUT2D eigenvalue weighted by atomic mass is 19.1. The van der Waals surface area contributed by atoms with Crippen molar-refractivity contribution in [3.05, 3.63) is 42.0 Å². The Kier molecular flexibility index (Phi) is 2.23. The highest BCUT2D eigenvalue weighted by molar-refractivity contribution is 5.84. The standard InChI is InChI=1S/C13H10FNO3/c14-9-3-1-2-8(6-9)11-15-10(7-18-11)13(4-5-13)12(16)17/h1-3,6-7H,4-5H2,(H,16,17). The highest BCUT2D eigenvalue weighted by Crippen LogP contribution is 2.48. The largest absolute Gasteiger partial charge is 0.481 e. The van der Waals surface area contributed by atoms with Gasteiger partial charge in [-0.3, -0.25) is 4.79 Å². The molecule has 4 nitrogen and oxygen atoms in total. The quantitative estimate of drug-likeness (QED) is 0.905. The molecule has 1 N–H and O–H groups in total. The van der Waals surface area contributed by atoms with E-state index in [-0.39, 0.29) is 11.7 Å². The van der Waals surface area contributed by atoms with Gasteiger partial charge in [-0.25, -0.2) is 9.37 Å². The van der Waals surface area contributed by atoms with Crippen molar-refractivity contribution in [3.63, 3.8) is 0 Å². The van der Waals surface area contributed by atoms with E-state index >= 15 is 0 Å². The van der Waals surface area contributed by atoms with Gasteiger partial charge in [-0.2, -0.15) is 0 Å². The molecule has 1 heterocycles. The Hall–Kier alpha value is -2.17. The third kappa shape index (κ3) is 1.59. The maximum Gasteiger partial charge on any atom is 0.315 e. The molecule has 0 saturated heterocycles. The summed E-state index contributed by atoms with van der Waals surface area (Å²) in [6.07, 6.45) is 2.48. The van der Waals surface area contributed by atoms with Crippen LogP contribution in [0.2, 0.25) is 0 Å². The second-order valence-electron chi connectivity index (χ2n) is 4.44. The number of benzene rings is 1. The number of carboxylic acid groups (broad SMARTS) is 1. The molecule has 0 radical (unpaired) electrons. The summed E-state index contributed by atoms with van der Waals surface area (Å²) in [6, 6.07) is 5.85. The lowest BCUT2D eigenvalue weighted by atomic mass is 10.0. The SMILES string of the molecule is O=C(O)C1(c2coc(-c3cccc(F)c3)n2)CC1. The number of aliphatic carboxylic acids is 1. The molecule has 1 aromatic carbocycles. The summed E-state index contributed by atoms with van der Waals surface area (Å²) in [4.78, 5) is 15.3. The molecule has 1 fully saturated rings. The van der Waals surface area contributed by atoms with Crippen LogP contribution in [0.3, 0.4) is 0 Å². The first-order chi connectivity index (χ1) is 8.62. The van der Waals surface area contributed by atoms with Crippen molar-refractivity contribution < 1.29 is 18.7 Å². The normalized spacial score (nSPS) is 16.5. The summed E-state index contributed by atoms with van der Waals surface area (Å²) in [5, 5.41) is 9.14. The van der Waals surface area contributed by atoms with Gasteiger partial charge in [0.15, 0.2) is 0 Å². The van der Waals surface area contributed by atoms with Gasteiger partial charge < -0.3 is 9.52 Å². The number of hydrogen-bond acceptors (Lipinski definition) is 3. The molecule has 3 rings (SSSR count). The predicted molar refractivity (Wildman–Crippen MR) is 60.4 cm³/mol. The van der Waals surface area contributed by atoms with E-state index in [0.29, 0.717) is 24.1 Å². The minimum atomic E-state index is -0.894. The molecule has 5 heteroatoms. The van der Waals surface area contributed by atoms with Gasteiger partial charge in [0.25, 0.3) is 0 Å². The van der Waals surface area contributed by atoms with Crippen molar-refractivity contribution in [1.29, 1.82) is 0 Å². The van der Waals surface area contributed by atoms with E-state index < -0.39 is 11.4 Å². The Morgan fingerprint density at radius 2 is 2.22 bits per heavy atom. The summed E-state index contributed by atoms with van der Waals surface area (Å²) < 4.78 is 18.3. The second kappa shape index (κ2) is 3.66. The molecule has 0 atom stereocenters. The van der Waals surface area contributed by atoms with Gasteiger partial charge in [-0.05, 0) is 31.0 Å². The zero-order chi connectivity index (χ0) is 12.8. The van der Waals surface area contributed by atoms with Gasteiger partial charge in [-0.1, -0.05) is 6.07 Å². The van der Waals surface area contributed by atoms with E-state index in [0.717, 1.165) is 0 Å². The van der Waals surface area contributed by atoms with Crippen LogP contribution in [0.4, 0.5) is 4.39 Å². The lowest BCUT2D eigenvalue weighted by molar-refractivity contribution is -0.140. The first kappa shape index (κ1) is 11.0. The number of oxazole rings is 1. The smallest absolute Gasteiger partial charge is 0.315 e. The van der Waals surface area contributed by atoms with Crippen LogP contribution in [0.25, 0.3) is 11.5 Å². The number of aromatic nitrogens is 1. The topological polar surface area (TPSA) is 63.3 Å². The van der Waals surface area contributed by atoms with E-state index in [1.54, 1.807) is 12.1 Å². The Bertz CT molecular complexity index is 616. The molecule has 92 valence electrons. The molecule has 0 bridgehead atoms. The summed E-state index contributed by atoms with van der Waals surface area (Å²) in [6.45, 7) is 0. The zero-order valence-electron chi connectivity index (χ0n) is 9.39. The Morgan fingerprint density at radius 1 is 1.44 bits per heavy atom. The summed E-state index contributed by atoms with van der Waals surface area (Å²) in [5.74, 6) is -1.02. The van der Waals surface area contributed by atoms with E-state index in [2.05, 4.69) is 4.98 Å². The maximum atomic E-state index is 13.1. The Balaban J connectivity index is 1.98. The monoisotopic (exact) mass is 247 g/mol. The van der Waals surface area contributed by atoms with Gasteiger partial charge >= 0.3 is 5.97 Å². The maximum absolute atomic E-state index is 13.1. The fourth-order valence-corrected chi connectivity index (χ4v) is 1.95. The van der Waals surface area contributed by atoms with Crippen LogP contribution in [0.1, 0.15) is 18.5 Å². The lowest BCUT2D eigenvalue weighted by Crippen LogP contribution is -2.19. The van der Waals surface area contributed by atoms with Crippen molar-refractivity contribution in [3.8, 4) is 11.5 Å². The average molecular weight is 247 g/mol. The first-order valence-corrected chi connectivity index (χ1v) is 5.57. The van der Waals surface area contributed by atoms with Crippen LogP contribution < -0.4 is 0 Å². The molecule has 18 heavy (non-hydrogen) atoms. The van der Waals surface area contributed by atoms with Crippen LogP contribution in [0.5, 0.6) is 0 Å². The first-order valence-electron chi connectivity index (χ1n) is 5.57. The highest BCUT2D eigenvalue weighted by Gasteiger charge is 2.54. The van der Waals surface area contributed by atoms with Crippen molar-refractivity contribution >= 4 is 5.97 Å². The molecule has 0 amide bonds. The van der Waals surface area contributed by atoms with Crippen LogP contribution in [0, 0.1) is 5.82 Å². The molecular formula is C13H10FNO3. The van der Waals surface area contributed by atoms with Gasteiger partial charge in [-0.15, -0.1) is 0 Å². The lowest BCUT2D eigenvalue weighted by Gasteiger charge is -2.03. The molecule has 1 aliphatic carbocycles. The molecule has 0 unspecified atom stereocenters. The summed E-state index contributed by atoms with van der Waals surface area (Å²) in [7, 11) is 0. The van der Waals surface area contributed by atoms with Gasteiger partial charge in [0.1, 0.15) is 17.5 Å². The molecule has 1 aliphatic rings. The number of hydrogen-bond donors (Lipinski definition) is 1. The van der Waals surface area contributed by atoms with Crippen LogP contribution in [0.15, 0.2) is 34.9 Å². The van der Waals surface area contributed by atoms with E-state index in [4.69, 9.17) is 9.52 Å². The zero-order valence-corrected chi connectivity index (χ0v) is 9.39. The minimum absolute atomic E-state index is 0.247. The van der Waals surface area contributed by atoms with E-state index in [1.165, 1.54) is 18.4 Å². The van der Waals surface area contributed by atoms with Crippen LogP contribution in [-0.2, 0) is 10.2 Å². The fraction of sp³-hybridized carbons (Fsp3) is 0.231. The summed E-state index contributed by atoms with van der Waals surface area (Å²) in [5.41, 5.74) is 0.0198. The average Bonchev–Trinajstić information content (AvgIpc) is 3.01. The Labute approximate surface area is 102 Å². The minimum Gasteiger partial charge on any atom is -0.481 e.